The van der Waals surface area contributed by atoms with Crippen molar-refractivity contribution in [3.05, 3.63) is 28.8 Å². The monoisotopic (exact) mass is 205 g/mol. The number of phenols is 1. The average molecular weight is 205 g/mol. The van der Waals surface area contributed by atoms with E-state index in [9.17, 15) is 5.11 Å². The average Bonchev–Trinajstić information content (AvgIpc) is 2.83. The second-order valence-electron chi connectivity index (χ2n) is 4.92. The quantitative estimate of drug-likeness (QED) is 0.778. The minimum absolute atomic E-state index is 0.0435. The highest BCUT2D eigenvalue weighted by Gasteiger charge is 2.49. The number of aromatic hydroxyl groups is 1. The third-order valence-electron chi connectivity index (χ3n) is 3.62. The van der Waals surface area contributed by atoms with E-state index >= 15 is 0 Å². The molecule has 1 atom stereocenters. The highest BCUT2D eigenvalue weighted by Crippen LogP contribution is 2.54. The second-order valence-corrected chi connectivity index (χ2v) is 4.92. The van der Waals surface area contributed by atoms with Gasteiger partial charge in [-0.2, -0.15) is 0 Å². The number of aryl methyl sites for hydroxylation is 2. The zero-order chi connectivity index (χ0) is 11.2. The van der Waals surface area contributed by atoms with Gasteiger partial charge in [0.1, 0.15) is 5.75 Å². The SMILES string of the molecule is Cc1cc(C)c(C2(C(C)N)CC2)c(O)c1. The van der Waals surface area contributed by atoms with Crippen LogP contribution in [0.4, 0.5) is 0 Å². The van der Waals surface area contributed by atoms with Crippen LogP contribution in [-0.4, -0.2) is 11.1 Å². The van der Waals surface area contributed by atoms with E-state index < -0.39 is 0 Å². The fourth-order valence-electron chi connectivity index (χ4n) is 2.66. The Kier molecular flexibility index (Phi) is 2.27. The van der Waals surface area contributed by atoms with Gasteiger partial charge in [-0.05, 0) is 50.8 Å². The molecule has 1 fully saturated rings. The van der Waals surface area contributed by atoms with Crippen LogP contribution in [0.3, 0.4) is 0 Å². The van der Waals surface area contributed by atoms with Gasteiger partial charge >= 0.3 is 0 Å². The predicted octanol–water partition coefficient (Wildman–Crippen LogP) is 2.39. The minimum atomic E-state index is 0.0435. The fraction of sp³-hybridized carbons (Fsp3) is 0.538. The maximum absolute atomic E-state index is 10.0. The lowest BCUT2D eigenvalue weighted by molar-refractivity contribution is 0.445. The van der Waals surface area contributed by atoms with Crippen LogP contribution in [0.5, 0.6) is 5.75 Å². The number of hydrogen-bond acceptors (Lipinski definition) is 2. The smallest absolute Gasteiger partial charge is 0.119 e. The maximum Gasteiger partial charge on any atom is 0.119 e. The standard InChI is InChI=1S/C13H19NO/c1-8-6-9(2)12(11(15)7-8)13(4-5-13)10(3)14/h6-7,10,15H,4-5,14H2,1-3H3. The molecule has 3 N–H and O–H groups in total. The summed E-state index contributed by atoms with van der Waals surface area (Å²) in [6, 6.07) is 4.08. The molecule has 2 nitrogen and oxygen atoms in total. The molecule has 0 spiro atoms. The first-order valence-electron chi connectivity index (χ1n) is 5.53. The Morgan fingerprint density at radius 3 is 2.33 bits per heavy atom. The molecule has 82 valence electrons. The van der Waals surface area contributed by atoms with Crippen LogP contribution in [0.1, 0.15) is 36.5 Å². The van der Waals surface area contributed by atoms with Crippen molar-refractivity contribution in [3.8, 4) is 5.75 Å². The van der Waals surface area contributed by atoms with Gasteiger partial charge < -0.3 is 10.8 Å². The minimum Gasteiger partial charge on any atom is -0.508 e. The van der Waals surface area contributed by atoms with E-state index in [0.717, 1.165) is 24.0 Å². The van der Waals surface area contributed by atoms with E-state index in [1.165, 1.54) is 5.56 Å². The van der Waals surface area contributed by atoms with Crippen molar-refractivity contribution in [2.24, 2.45) is 5.73 Å². The molecule has 0 amide bonds. The molecule has 2 rings (SSSR count). The Labute approximate surface area is 91.1 Å². The van der Waals surface area contributed by atoms with Crippen LogP contribution >= 0.6 is 0 Å². The van der Waals surface area contributed by atoms with Gasteiger partial charge in [-0.1, -0.05) is 6.07 Å². The molecule has 0 bridgehead atoms. The molecule has 1 aliphatic carbocycles. The zero-order valence-corrected chi connectivity index (χ0v) is 9.67. The van der Waals surface area contributed by atoms with Crippen LogP contribution in [0.15, 0.2) is 12.1 Å². The van der Waals surface area contributed by atoms with E-state index in [2.05, 4.69) is 13.0 Å². The maximum atomic E-state index is 10.0. The molecular formula is C13H19NO. The van der Waals surface area contributed by atoms with E-state index in [1.54, 1.807) is 0 Å². The predicted molar refractivity (Wildman–Crippen MR) is 62.1 cm³/mol. The van der Waals surface area contributed by atoms with Gasteiger partial charge in [-0.15, -0.1) is 0 Å². The van der Waals surface area contributed by atoms with Crippen molar-refractivity contribution in [2.75, 3.05) is 0 Å². The van der Waals surface area contributed by atoms with Gasteiger partial charge in [-0.3, -0.25) is 0 Å². The first-order chi connectivity index (χ1) is 6.97. The first-order valence-corrected chi connectivity index (χ1v) is 5.53. The molecule has 15 heavy (non-hydrogen) atoms. The van der Waals surface area contributed by atoms with Crippen molar-refractivity contribution >= 4 is 0 Å². The summed E-state index contributed by atoms with van der Waals surface area (Å²) in [5.41, 5.74) is 9.42. The highest BCUT2D eigenvalue weighted by molar-refractivity contribution is 5.50. The Hall–Kier alpha value is -1.02. The van der Waals surface area contributed by atoms with Crippen molar-refractivity contribution in [3.63, 3.8) is 0 Å². The first kappa shape index (κ1) is 10.5. The molecule has 0 heterocycles. The highest BCUT2D eigenvalue weighted by atomic mass is 16.3. The summed E-state index contributed by atoms with van der Waals surface area (Å²) in [5.74, 6) is 0.419. The number of rotatable bonds is 2. The summed E-state index contributed by atoms with van der Waals surface area (Å²) < 4.78 is 0. The number of nitrogens with two attached hydrogens (primary N) is 1. The summed E-state index contributed by atoms with van der Waals surface area (Å²) >= 11 is 0. The number of phenolic OH excluding ortho intramolecular Hbond substituents is 1. The fourth-order valence-corrected chi connectivity index (χ4v) is 2.66. The van der Waals surface area contributed by atoms with Crippen LogP contribution < -0.4 is 5.73 Å². The molecule has 0 aromatic heterocycles. The van der Waals surface area contributed by atoms with E-state index in [0.29, 0.717) is 5.75 Å². The van der Waals surface area contributed by atoms with Gasteiger partial charge in [0.2, 0.25) is 0 Å². The van der Waals surface area contributed by atoms with Gasteiger partial charge in [-0.25, -0.2) is 0 Å². The van der Waals surface area contributed by atoms with Crippen LogP contribution in [0, 0.1) is 13.8 Å². The molecule has 1 unspecified atom stereocenters. The molecular weight excluding hydrogens is 186 g/mol. The van der Waals surface area contributed by atoms with Crippen molar-refractivity contribution in [2.45, 2.75) is 45.1 Å². The Bertz CT molecular complexity index is 369. The van der Waals surface area contributed by atoms with Crippen LogP contribution in [0.25, 0.3) is 0 Å². The molecule has 0 radical (unpaired) electrons. The van der Waals surface area contributed by atoms with Gasteiger partial charge in [0.05, 0.1) is 0 Å². The molecule has 1 aliphatic rings. The number of benzene rings is 1. The van der Waals surface area contributed by atoms with Crippen LogP contribution in [0.2, 0.25) is 0 Å². The summed E-state index contributed by atoms with van der Waals surface area (Å²) in [6.45, 7) is 6.10. The Balaban J connectivity index is 2.54. The number of hydrogen-bond donors (Lipinski definition) is 2. The topological polar surface area (TPSA) is 46.2 Å². The molecule has 2 heteroatoms. The van der Waals surface area contributed by atoms with Crippen molar-refractivity contribution < 1.29 is 5.11 Å². The summed E-state index contributed by atoms with van der Waals surface area (Å²) in [7, 11) is 0. The van der Waals surface area contributed by atoms with Gasteiger partial charge in [0.25, 0.3) is 0 Å². The Morgan fingerprint density at radius 2 is 1.93 bits per heavy atom. The van der Waals surface area contributed by atoms with Gasteiger partial charge in [0.15, 0.2) is 0 Å². The largest absolute Gasteiger partial charge is 0.508 e. The van der Waals surface area contributed by atoms with E-state index in [-0.39, 0.29) is 11.5 Å². The van der Waals surface area contributed by atoms with Crippen LogP contribution in [-0.2, 0) is 5.41 Å². The van der Waals surface area contributed by atoms with Gasteiger partial charge in [0, 0.05) is 17.0 Å². The Morgan fingerprint density at radius 1 is 1.33 bits per heavy atom. The third-order valence-corrected chi connectivity index (χ3v) is 3.62. The molecule has 1 aromatic carbocycles. The molecule has 1 saturated carbocycles. The van der Waals surface area contributed by atoms with Crippen molar-refractivity contribution in [1.29, 1.82) is 0 Å². The zero-order valence-electron chi connectivity index (χ0n) is 9.67. The third kappa shape index (κ3) is 1.53. The summed E-state index contributed by atoms with van der Waals surface area (Å²) in [5, 5.41) is 10.0. The van der Waals surface area contributed by atoms with E-state index in [4.69, 9.17) is 5.73 Å². The summed E-state index contributed by atoms with van der Waals surface area (Å²) in [6.07, 6.45) is 2.20. The normalized spacial score (nSPS) is 20.0. The molecule has 1 aromatic rings. The molecule has 0 aliphatic heterocycles. The second kappa shape index (κ2) is 3.24. The lowest BCUT2D eigenvalue weighted by Gasteiger charge is -2.23. The van der Waals surface area contributed by atoms with E-state index in [1.807, 2.05) is 19.9 Å². The lowest BCUT2D eigenvalue weighted by atomic mass is 9.85. The van der Waals surface area contributed by atoms with Crippen molar-refractivity contribution in [1.82, 2.24) is 0 Å². The molecule has 0 saturated heterocycles. The summed E-state index contributed by atoms with van der Waals surface area (Å²) in [4.78, 5) is 0. The lowest BCUT2D eigenvalue weighted by Crippen LogP contribution is -2.32.